The highest BCUT2D eigenvalue weighted by atomic mass is 32.1. The van der Waals surface area contributed by atoms with E-state index in [0.717, 1.165) is 10.6 Å². The zero-order valence-corrected chi connectivity index (χ0v) is 13.2. The number of nitrogens with zero attached hydrogens (tertiary/aromatic N) is 2. The summed E-state index contributed by atoms with van der Waals surface area (Å²) < 4.78 is 5.17. The first kappa shape index (κ1) is 15.8. The van der Waals surface area contributed by atoms with Crippen molar-refractivity contribution in [1.29, 1.82) is 0 Å². The number of carbonyl (C=O) groups is 1. The van der Waals surface area contributed by atoms with Gasteiger partial charge in [-0.25, -0.2) is 4.98 Å². The topological polar surface area (TPSA) is 82.3 Å². The van der Waals surface area contributed by atoms with Gasteiger partial charge in [-0.15, -0.1) is 11.3 Å². The molecule has 6 nitrogen and oxygen atoms in total. The highest BCUT2D eigenvalue weighted by Gasteiger charge is 2.12. The van der Waals surface area contributed by atoms with E-state index in [1.165, 1.54) is 35.6 Å². The zero-order valence-electron chi connectivity index (χ0n) is 12.4. The Morgan fingerprint density at radius 1 is 1.12 bits per heavy atom. The van der Waals surface area contributed by atoms with Crippen LogP contribution in [0.2, 0.25) is 0 Å². The van der Waals surface area contributed by atoms with Gasteiger partial charge in [0.25, 0.3) is 5.69 Å². The van der Waals surface area contributed by atoms with E-state index in [-0.39, 0.29) is 17.9 Å². The van der Waals surface area contributed by atoms with Crippen LogP contribution >= 0.6 is 11.3 Å². The van der Waals surface area contributed by atoms with E-state index in [9.17, 15) is 14.9 Å². The van der Waals surface area contributed by atoms with Crippen molar-refractivity contribution in [1.82, 2.24) is 4.98 Å². The van der Waals surface area contributed by atoms with Crippen molar-refractivity contribution in [2.75, 3.05) is 0 Å². The molecule has 120 valence electrons. The van der Waals surface area contributed by atoms with Crippen molar-refractivity contribution in [2.24, 2.45) is 0 Å². The Balaban J connectivity index is 1.63. The summed E-state index contributed by atoms with van der Waals surface area (Å²) in [6.45, 7) is 0. The molecule has 3 aromatic rings. The molecule has 0 N–H and O–H groups in total. The molecule has 0 spiro atoms. The van der Waals surface area contributed by atoms with Gasteiger partial charge in [0, 0.05) is 23.1 Å². The number of benzene rings is 2. The van der Waals surface area contributed by atoms with Crippen molar-refractivity contribution in [3.63, 3.8) is 0 Å². The number of nitro benzene ring substituents is 1. The molecular weight excluding hydrogens is 328 g/mol. The molecule has 1 heterocycles. The average Bonchev–Trinajstić information content (AvgIpc) is 3.04. The normalized spacial score (nSPS) is 10.3. The van der Waals surface area contributed by atoms with Crippen LogP contribution in [0.1, 0.15) is 5.69 Å². The molecule has 0 bridgehead atoms. The minimum Gasteiger partial charge on any atom is -0.426 e. The van der Waals surface area contributed by atoms with E-state index in [1.54, 1.807) is 0 Å². The van der Waals surface area contributed by atoms with Gasteiger partial charge in [-0.05, 0) is 12.1 Å². The van der Waals surface area contributed by atoms with Gasteiger partial charge in [0.05, 0.1) is 17.0 Å². The molecule has 0 unspecified atom stereocenters. The number of hydrogen-bond acceptors (Lipinski definition) is 6. The number of nitro groups is 1. The van der Waals surface area contributed by atoms with Crippen molar-refractivity contribution >= 4 is 23.0 Å². The smallest absolute Gasteiger partial charge is 0.317 e. The molecule has 0 amide bonds. The fourth-order valence-electron chi connectivity index (χ4n) is 2.05. The predicted molar refractivity (Wildman–Crippen MR) is 90.0 cm³/mol. The second kappa shape index (κ2) is 7.01. The average molecular weight is 340 g/mol. The maximum absolute atomic E-state index is 12.0. The number of aromatic nitrogens is 1. The van der Waals surface area contributed by atoms with Crippen LogP contribution in [-0.4, -0.2) is 15.9 Å². The predicted octanol–water partition coefficient (Wildman–Crippen LogP) is 3.87. The Morgan fingerprint density at radius 3 is 2.50 bits per heavy atom. The van der Waals surface area contributed by atoms with Crippen LogP contribution < -0.4 is 4.74 Å². The van der Waals surface area contributed by atoms with Crippen molar-refractivity contribution in [3.8, 4) is 16.3 Å². The van der Waals surface area contributed by atoms with E-state index in [2.05, 4.69) is 4.98 Å². The minimum atomic E-state index is -0.508. The van der Waals surface area contributed by atoms with Crippen molar-refractivity contribution in [2.45, 2.75) is 6.42 Å². The van der Waals surface area contributed by atoms with Crippen LogP contribution in [0.3, 0.4) is 0 Å². The van der Waals surface area contributed by atoms with E-state index in [4.69, 9.17) is 4.74 Å². The van der Waals surface area contributed by atoms with Gasteiger partial charge >= 0.3 is 5.97 Å². The summed E-state index contributed by atoms with van der Waals surface area (Å²) in [5.74, 6) is -0.196. The molecule has 0 radical (unpaired) electrons. The molecule has 0 fully saturated rings. The van der Waals surface area contributed by atoms with Crippen LogP contribution in [0.5, 0.6) is 5.75 Å². The monoisotopic (exact) mass is 340 g/mol. The maximum atomic E-state index is 12.0. The summed E-state index contributed by atoms with van der Waals surface area (Å²) in [5.41, 5.74) is 1.57. The number of ether oxygens (including phenoxy) is 1. The standard InChI is InChI=1S/C17H12N2O4S/c20-16(23-15-8-6-14(7-9-15)19(21)22)10-13-11-24-17(18-13)12-4-2-1-3-5-12/h1-9,11H,10H2. The third-order valence-corrected chi connectivity index (χ3v) is 4.12. The van der Waals surface area contributed by atoms with Gasteiger partial charge in [0.15, 0.2) is 0 Å². The third-order valence-electron chi connectivity index (χ3n) is 3.18. The van der Waals surface area contributed by atoms with Crippen LogP contribution in [0.15, 0.2) is 60.0 Å². The lowest BCUT2D eigenvalue weighted by Gasteiger charge is -2.02. The molecular formula is C17H12N2O4S. The molecule has 7 heteroatoms. The largest absolute Gasteiger partial charge is 0.426 e. The first-order valence-electron chi connectivity index (χ1n) is 7.07. The third kappa shape index (κ3) is 3.82. The maximum Gasteiger partial charge on any atom is 0.317 e. The molecule has 0 atom stereocenters. The molecule has 0 aliphatic rings. The lowest BCUT2D eigenvalue weighted by molar-refractivity contribution is -0.384. The van der Waals surface area contributed by atoms with E-state index in [0.29, 0.717) is 5.69 Å². The Hall–Kier alpha value is -3.06. The zero-order chi connectivity index (χ0) is 16.9. The van der Waals surface area contributed by atoms with Gasteiger partial charge < -0.3 is 4.74 Å². The molecule has 0 aliphatic carbocycles. The van der Waals surface area contributed by atoms with Crippen LogP contribution in [0.4, 0.5) is 5.69 Å². The Bertz CT molecular complexity index is 860. The molecule has 0 saturated heterocycles. The highest BCUT2D eigenvalue weighted by molar-refractivity contribution is 7.13. The molecule has 0 aliphatic heterocycles. The second-order valence-corrected chi connectivity index (χ2v) is 5.77. The molecule has 2 aromatic carbocycles. The van der Waals surface area contributed by atoms with Gasteiger partial charge in [-0.3, -0.25) is 14.9 Å². The lowest BCUT2D eigenvalue weighted by atomic mass is 10.2. The quantitative estimate of drug-likeness (QED) is 0.305. The Kier molecular flexibility index (Phi) is 4.62. The number of carbonyl (C=O) groups excluding carboxylic acids is 1. The Labute approximate surface area is 141 Å². The SMILES string of the molecule is O=C(Cc1csc(-c2ccccc2)n1)Oc1ccc([N+](=O)[O-])cc1. The van der Waals surface area contributed by atoms with Gasteiger partial charge in [0.1, 0.15) is 10.8 Å². The summed E-state index contributed by atoms with van der Waals surface area (Å²) in [5, 5.41) is 13.2. The molecule has 3 rings (SSSR count). The Morgan fingerprint density at radius 2 is 1.83 bits per heavy atom. The first-order valence-corrected chi connectivity index (χ1v) is 7.95. The number of non-ortho nitro benzene ring substituents is 1. The number of rotatable bonds is 5. The molecule has 0 saturated carbocycles. The highest BCUT2D eigenvalue weighted by Crippen LogP contribution is 2.24. The minimum absolute atomic E-state index is 0.0420. The van der Waals surface area contributed by atoms with Crippen molar-refractivity contribution < 1.29 is 14.5 Å². The summed E-state index contributed by atoms with van der Waals surface area (Å²) in [7, 11) is 0. The molecule has 1 aromatic heterocycles. The number of thiazole rings is 1. The summed E-state index contributed by atoms with van der Waals surface area (Å²) in [6.07, 6.45) is 0.0420. The van der Waals surface area contributed by atoms with Crippen LogP contribution in [0, 0.1) is 10.1 Å². The summed E-state index contributed by atoms with van der Waals surface area (Å²) in [4.78, 5) is 26.5. The van der Waals surface area contributed by atoms with E-state index in [1.807, 2.05) is 35.7 Å². The van der Waals surface area contributed by atoms with E-state index < -0.39 is 10.9 Å². The molecule has 24 heavy (non-hydrogen) atoms. The van der Waals surface area contributed by atoms with Crippen LogP contribution in [-0.2, 0) is 11.2 Å². The first-order chi connectivity index (χ1) is 11.6. The van der Waals surface area contributed by atoms with Gasteiger partial charge in [-0.2, -0.15) is 0 Å². The van der Waals surface area contributed by atoms with Gasteiger partial charge in [0.2, 0.25) is 0 Å². The number of esters is 1. The summed E-state index contributed by atoms with van der Waals surface area (Å²) in [6, 6.07) is 15.1. The number of hydrogen-bond donors (Lipinski definition) is 0. The van der Waals surface area contributed by atoms with E-state index >= 15 is 0 Å². The fraction of sp³-hybridized carbons (Fsp3) is 0.0588. The lowest BCUT2D eigenvalue weighted by Crippen LogP contribution is -2.11. The second-order valence-electron chi connectivity index (χ2n) is 4.91. The van der Waals surface area contributed by atoms with Crippen molar-refractivity contribution in [3.05, 3.63) is 75.8 Å². The van der Waals surface area contributed by atoms with Gasteiger partial charge in [-0.1, -0.05) is 30.3 Å². The summed E-state index contributed by atoms with van der Waals surface area (Å²) >= 11 is 1.46. The fourth-order valence-corrected chi connectivity index (χ4v) is 2.88. The van der Waals surface area contributed by atoms with Crippen LogP contribution in [0.25, 0.3) is 10.6 Å².